The number of aromatic nitrogens is 2. The molecule has 1 aliphatic heterocycles. The van der Waals surface area contributed by atoms with Crippen LogP contribution in [0.5, 0.6) is 5.75 Å². The molecular formula is C26H30N4O2. The van der Waals surface area contributed by atoms with Gasteiger partial charge in [0.2, 0.25) is 5.91 Å². The van der Waals surface area contributed by atoms with Crippen LogP contribution in [0.15, 0.2) is 60.7 Å². The minimum Gasteiger partial charge on any atom is -0.493 e. The molecular weight excluding hydrogens is 400 g/mol. The van der Waals surface area contributed by atoms with Gasteiger partial charge >= 0.3 is 0 Å². The molecule has 0 radical (unpaired) electrons. The number of piperazine rings is 1. The molecule has 6 heteroatoms. The van der Waals surface area contributed by atoms with Gasteiger partial charge in [-0.2, -0.15) is 0 Å². The van der Waals surface area contributed by atoms with E-state index in [2.05, 4.69) is 15.1 Å². The van der Waals surface area contributed by atoms with E-state index in [1.54, 1.807) is 0 Å². The van der Waals surface area contributed by atoms with Crippen molar-refractivity contribution in [3.8, 4) is 17.0 Å². The summed E-state index contributed by atoms with van der Waals surface area (Å²) in [4.78, 5) is 16.7. The Morgan fingerprint density at radius 3 is 2.25 bits per heavy atom. The van der Waals surface area contributed by atoms with Crippen molar-refractivity contribution in [1.29, 1.82) is 0 Å². The summed E-state index contributed by atoms with van der Waals surface area (Å²) in [5.41, 5.74) is 4.19. The average Bonchev–Trinajstić information content (AvgIpc) is 2.84. The van der Waals surface area contributed by atoms with Gasteiger partial charge in [-0.15, -0.1) is 10.2 Å². The minimum atomic E-state index is 0.195. The quantitative estimate of drug-likeness (QED) is 0.524. The third-order valence-corrected chi connectivity index (χ3v) is 5.87. The summed E-state index contributed by atoms with van der Waals surface area (Å²) in [5, 5.41) is 8.79. The Morgan fingerprint density at radius 1 is 0.875 bits per heavy atom. The highest BCUT2D eigenvalue weighted by Crippen LogP contribution is 2.23. The van der Waals surface area contributed by atoms with Crippen molar-refractivity contribution < 1.29 is 9.53 Å². The Bertz CT molecular complexity index is 1010. The summed E-state index contributed by atoms with van der Waals surface area (Å²) >= 11 is 0. The molecule has 1 amide bonds. The van der Waals surface area contributed by atoms with Crippen molar-refractivity contribution in [3.63, 3.8) is 0 Å². The van der Waals surface area contributed by atoms with Crippen LogP contribution in [0.4, 0.5) is 5.82 Å². The van der Waals surface area contributed by atoms with Crippen molar-refractivity contribution >= 4 is 11.7 Å². The van der Waals surface area contributed by atoms with Crippen molar-refractivity contribution in [3.05, 3.63) is 71.8 Å². The number of nitrogens with zero attached hydrogens (tertiary/aromatic N) is 4. The molecule has 1 saturated heterocycles. The maximum Gasteiger partial charge on any atom is 0.222 e. The number of benzene rings is 2. The zero-order chi connectivity index (χ0) is 22.3. The monoisotopic (exact) mass is 430 g/mol. The lowest BCUT2D eigenvalue weighted by molar-refractivity contribution is -0.131. The molecule has 0 atom stereocenters. The van der Waals surface area contributed by atoms with Crippen molar-refractivity contribution in [1.82, 2.24) is 15.1 Å². The number of aryl methyl sites for hydroxylation is 2. The van der Waals surface area contributed by atoms with E-state index in [0.29, 0.717) is 26.1 Å². The highest BCUT2D eigenvalue weighted by Gasteiger charge is 2.22. The van der Waals surface area contributed by atoms with Crippen LogP contribution in [0, 0.1) is 13.8 Å². The maximum absolute atomic E-state index is 12.6. The van der Waals surface area contributed by atoms with Gasteiger partial charge in [0.25, 0.3) is 0 Å². The summed E-state index contributed by atoms with van der Waals surface area (Å²) in [6.07, 6.45) is 1.23. The molecule has 0 N–H and O–H groups in total. The van der Waals surface area contributed by atoms with Crippen LogP contribution >= 0.6 is 0 Å². The Kier molecular flexibility index (Phi) is 7.00. The molecule has 3 aromatic rings. The standard InChI is InChI=1S/C26H30N4O2/c1-20-8-6-9-21(2)26(20)32-19-7-12-25(31)30-17-15-29(16-18-30)24-14-13-23(27-28-24)22-10-4-3-5-11-22/h3-6,8-11,13-14H,7,12,15-19H2,1-2H3. The Labute approximate surface area is 189 Å². The maximum atomic E-state index is 12.6. The van der Waals surface area contributed by atoms with Crippen LogP contribution in [0.2, 0.25) is 0 Å². The van der Waals surface area contributed by atoms with Gasteiger partial charge in [-0.25, -0.2) is 0 Å². The summed E-state index contributed by atoms with van der Waals surface area (Å²) in [7, 11) is 0. The van der Waals surface area contributed by atoms with E-state index in [0.717, 1.165) is 53.5 Å². The van der Waals surface area contributed by atoms with Gasteiger partial charge in [-0.3, -0.25) is 4.79 Å². The van der Waals surface area contributed by atoms with E-state index in [4.69, 9.17) is 4.74 Å². The summed E-state index contributed by atoms with van der Waals surface area (Å²) in [6.45, 7) is 7.60. The smallest absolute Gasteiger partial charge is 0.222 e. The number of amides is 1. The lowest BCUT2D eigenvalue weighted by Crippen LogP contribution is -2.49. The van der Waals surface area contributed by atoms with E-state index in [-0.39, 0.29) is 5.91 Å². The number of anilines is 1. The normalized spacial score (nSPS) is 13.8. The van der Waals surface area contributed by atoms with E-state index >= 15 is 0 Å². The van der Waals surface area contributed by atoms with Gasteiger partial charge in [0.1, 0.15) is 5.75 Å². The summed E-state index contributed by atoms with van der Waals surface area (Å²) < 4.78 is 5.93. The topological polar surface area (TPSA) is 58.6 Å². The molecule has 1 aromatic heterocycles. The van der Waals surface area contributed by atoms with Crippen LogP contribution in [0.25, 0.3) is 11.3 Å². The van der Waals surface area contributed by atoms with Crippen LogP contribution in [-0.4, -0.2) is 53.8 Å². The third-order valence-electron chi connectivity index (χ3n) is 5.87. The molecule has 4 rings (SSSR count). The predicted octanol–water partition coefficient (Wildman–Crippen LogP) is 4.27. The van der Waals surface area contributed by atoms with Gasteiger partial charge in [0, 0.05) is 38.2 Å². The molecule has 0 bridgehead atoms. The molecule has 0 saturated carbocycles. The van der Waals surface area contributed by atoms with Crippen molar-refractivity contribution in [2.75, 3.05) is 37.7 Å². The van der Waals surface area contributed by atoms with Crippen LogP contribution in [-0.2, 0) is 4.79 Å². The average molecular weight is 431 g/mol. The predicted molar refractivity (Wildman–Crippen MR) is 127 cm³/mol. The van der Waals surface area contributed by atoms with Crippen molar-refractivity contribution in [2.45, 2.75) is 26.7 Å². The van der Waals surface area contributed by atoms with Gasteiger partial charge < -0.3 is 14.5 Å². The second-order valence-corrected chi connectivity index (χ2v) is 8.18. The van der Waals surface area contributed by atoms with E-state index in [1.165, 1.54) is 0 Å². The van der Waals surface area contributed by atoms with Crippen LogP contribution in [0.1, 0.15) is 24.0 Å². The number of para-hydroxylation sites is 1. The molecule has 32 heavy (non-hydrogen) atoms. The van der Waals surface area contributed by atoms with E-state index < -0.39 is 0 Å². The van der Waals surface area contributed by atoms with Crippen LogP contribution < -0.4 is 9.64 Å². The molecule has 2 aromatic carbocycles. The molecule has 1 aliphatic rings. The molecule has 6 nitrogen and oxygen atoms in total. The molecule has 0 unspecified atom stereocenters. The fourth-order valence-corrected chi connectivity index (χ4v) is 4.02. The number of hydrogen-bond donors (Lipinski definition) is 0. The zero-order valence-corrected chi connectivity index (χ0v) is 18.8. The first-order valence-electron chi connectivity index (χ1n) is 11.2. The molecule has 1 fully saturated rings. The summed E-state index contributed by atoms with van der Waals surface area (Å²) in [5.74, 6) is 1.99. The molecule has 0 aliphatic carbocycles. The van der Waals surface area contributed by atoms with Gasteiger partial charge in [0.15, 0.2) is 5.82 Å². The SMILES string of the molecule is Cc1cccc(C)c1OCCCC(=O)N1CCN(c2ccc(-c3ccccc3)nn2)CC1. The van der Waals surface area contributed by atoms with Gasteiger partial charge in [-0.1, -0.05) is 48.5 Å². The fraction of sp³-hybridized carbons (Fsp3) is 0.346. The van der Waals surface area contributed by atoms with Crippen LogP contribution in [0.3, 0.4) is 0 Å². The first-order chi connectivity index (χ1) is 15.6. The summed E-state index contributed by atoms with van der Waals surface area (Å²) in [6, 6.07) is 20.2. The second-order valence-electron chi connectivity index (χ2n) is 8.18. The zero-order valence-electron chi connectivity index (χ0n) is 18.8. The molecule has 166 valence electrons. The van der Waals surface area contributed by atoms with Gasteiger partial charge in [-0.05, 0) is 43.5 Å². The number of carbonyl (C=O) groups excluding carboxylic acids is 1. The first-order valence-corrected chi connectivity index (χ1v) is 11.2. The molecule has 2 heterocycles. The Hall–Kier alpha value is -3.41. The number of rotatable bonds is 7. The second kappa shape index (κ2) is 10.3. The van der Waals surface area contributed by atoms with E-state index in [1.807, 2.05) is 79.4 Å². The lowest BCUT2D eigenvalue weighted by atomic mass is 10.1. The lowest BCUT2D eigenvalue weighted by Gasteiger charge is -2.35. The van der Waals surface area contributed by atoms with Crippen molar-refractivity contribution in [2.24, 2.45) is 0 Å². The minimum absolute atomic E-state index is 0.195. The molecule has 0 spiro atoms. The Morgan fingerprint density at radius 2 is 1.59 bits per heavy atom. The first kappa shape index (κ1) is 21.8. The highest BCUT2D eigenvalue weighted by molar-refractivity contribution is 5.76. The fourth-order valence-electron chi connectivity index (χ4n) is 4.02. The Balaban J connectivity index is 1.21. The number of carbonyl (C=O) groups is 1. The van der Waals surface area contributed by atoms with Gasteiger partial charge in [0.05, 0.1) is 12.3 Å². The number of hydrogen-bond acceptors (Lipinski definition) is 5. The largest absolute Gasteiger partial charge is 0.493 e. The van der Waals surface area contributed by atoms with E-state index in [9.17, 15) is 4.79 Å². The number of ether oxygens (including phenoxy) is 1. The third kappa shape index (κ3) is 5.25. The highest BCUT2D eigenvalue weighted by atomic mass is 16.5.